The molecule has 0 bridgehead atoms. The van der Waals surface area contributed by atoms with Crippen molar-refractivity contribution in [2.24, 2.45) is 0 Å². The molecule has 0 radical (unpaired) electrons. The Morgan fingerprint density at radius 2 is 1.84 bits per heavy atom. The lowest BCUT2D eigenvalue weighted by Gasteiger charge is -2.06. The normalized spacial score (nSPS) is 10.3. The first-order chi connectivity index (χ1) is 8.95. The molecule has 9 heteroatoms. The summed E-state index contributed by atoms with van der Waals surface area (Å²) in [5, 5.41) is 10.4. The minimum atomic E-state index is -0.493. The van der Waals surface area contributed by atoms with Crippen molar-refractivity contribution in [3.63, 3.8) is 0 Å². The third-order valence-corrected chi connectivity index (χ3v) is 2.47. The van der Waals surface area contributed by atoms with E-state index >= 15 is 0 Å². The second kappa shape index (κ2) is 5.33. The Balaban J connectivity index is 2.30. The predicted octanol–water partition coefficient (Wildman–Crippen LogP) is 3.19. The van der Waals surface area contributed by atoms with Crippen LogP contribution in [0.15, 0.2) is 18.2 Å². The molecule has 0 aliphatic heterocycles. The van der Waals surface area contributed by atoms with E-state index in [1.807, 2.05) is 0 Å². The van der Waals surface area contributed by atoms with Crippen LogP contribution in [0.4, 0.5) is 5.69 Å². The van der Waals surface area contributed by atoms with E-state index in [0.29, 0.717) is 11.3 Å². The smallest absolute Gasteiger partial charge is 0.327 e. The third kappa shape index (κ3) is 3.27. The second-order valence-corrected chi connectivity index (χ2v) is 4.14. The summed E-state index contributed by atoms with van der Waals surface area (Å²) in [6, 6.07) is 4.05. The Morgan fingerprint density at radius 3 is 2.37 bits per heavy atom. The van der Waals surface area contributed by atoms with Gasteiger partial charge < -0.3 is 4.74 Å². The molecule has 19 heavy (non-hydrogen) atoms. The van der Waals surface area contributed by atoms with Crippen molar-refractivity contribution in [3.05, 3.63) is 44.4 Å². The molecular formula is C10H6Cl2N4O3. The maximum atomic E-state index is 10.6. The van der Waals surface area contributed by atoms with Crippen LogP contribution in [0.5, 0.6) is 11.8 Å². The summed E-state index contributed by atoms with van der Waals surface area (Å²) in [6.45, 7) is 1.66. The molecule has 2 aromatic rings. The monoisotopic (exact) mass is 300 g/mol. The van der Waals surface area contributed by atoms with Crippen LogP contribution in [-0.2, 0) is 0 Å². The molecule has 0 N–H and O–H groups in total. The summed E-state index contributed by atoms with van der Waals surface area (Å²) in [4.78, 5) is 21.2. The van der Waals surface area contributed by atoms with Gasteiger partial charge in [-0.1, -0.05) is 0 Å². The van der Waals surface area contributed by atoms with Gasteiger partial charge in [-0.15, -0.1) is 0 Å². The number of non-ortho nitro benzene ring substituents is 1. The zero-order valence-corrected chi connectivity index (χ0v) is 11.0. The van der Waals surface area contributed by atoms with Crippen molar-refractivity contribution >= 4 is 28.9 Å². The van der Waals surface area contributed by atoms with Gasteiger partial charge in [0.25, 0.3) is 5.69 Å². The highest BCUT2D eigenvalue weighted by atomic mass is 35.5. The first-order valence-corrected chi connectivity index (χ1v) is 5.71. The molecule has 7 nitrogen and oxygen atoms in total. The van der Waals surface area contributed by atoms with Gasteiger partial charge in [-0.2, -0.15) is 15.0 Å². The number of aryl methyl sites for hydroxylation is 1. The molecule has 1 aromatic heterocycles. The van der Waals surface area contributed by atoms with Crippen molar-refractivity contribution in [1.82, 2.24) is 15.0 Å². The summed E-state index contributed by atoms with van der Waals surface area (Å²) in [6.07, 6.45) is 0. The average Bonchev–Trinajstić information content (AvgIpc) is 2.30. The van der Waals surface area contributed by atoms with E-state index < -0.39 is 4.92 Å². The molecular weight excluding hydrogens is 295 g/mol. The molecule has 0 saturated carbocycles. The first kappa shape index (κ1) is 13.4. The van der Waals surface area contributed by atoms with Gasteiger partial charge in [0.1, 0.15) is 5.75 Å². The van der Waals surface area contributed by atoms with Crippen LogP contribution in [0.2, 0.25) is 10.6 Å². The number of hydrogen-bond donors (Lipinski definition) is 0. The van der Waals surface area contributed by atoms with Crippen molar-refractivity contribution in [1.29, 1.82) is 0 Å². The van der Waals surface area contributed by atoms with Gasteiger partial charge in [0.15, 0.2) is 0 Å². The fourth-order valence-corrected chi connectivity index (χ4v) is 1.66. The fourth-order valence-electron chi connectivity index (χ4n) is 1.31. The van der Waals surface area contributed by atoms with Crippen LogP contribution in [0, 0.1) is 17.0 Å². The molecule has 1 aromatic carbocycles. The van der Waals surface area contributed by atoms with Crippen LogP contribution in [0.3, 0.4) is 0 Å². The Labute approximate surface area is 117 Å². The molecule has 0 fully saturated rings. The van der Waals surface area contributed by atoms with Crippen LogP contribution in [-0.4, -0.2) is 19.9 Å². The molecule has 0 atom stereocenters. The van der Waals surface area contributed by atoms with E-state index in [0.717, 1.165) is 0 Å². The van der Waals surface area contributed by atoms with E-state index in [1.165, 1.54) is 18.2 Å². The highest BCUT2D eigenvalue weighted by Gasteiger charge is 2.11. The second-order valence-electron chi connectivity index (χ2n) is 3.47. The Kier molecular flexibility index (Phi) is 3.77. The van der Waals surface area contributed by atoms with Gasteiger partial charge in [0.2, 0.25) is 10.6 Å². The van der Waals surface area contributed by atoms with Crippen molar-refractivity contribution in [3.8, 4) is 11.8 Å². The number of aromatic nitrogens is 3. The van der Waals surface area contributed by atoms with Gasteiger partial charge in [-0.3, -0.25) is 10.1 Å². The largest absolute Gasteiger partial charge is 0.424 e. The maximum absolute atomic E-state index is 10.6. The SMILES string of the molecule is Cc1cc([N+](=O)[O-])ccc1Oc1nc(Cl)nc(Cl)n1. The fraction of sp³-hybridized carbons (Fsp3) is 0.100. The van der Waals surface area contributed by atoms with Crippen LogP contribution in [0.1, 0.15) is 5.56 Å². The molecule has 2 rings (SSSR count). The maximum Gasteiger partial charge on any atom is 0.327 e. The Bertz CT molecular complexity index is 630. The number of nitro groups is 1. The number of benzene rings is 1. The van der Waals surface area contributed by atoms with Crippen molar-refractivity contribution < 1.29 is 9.66 Å². The van der Waals surface area contributed by atoms with E-state index in [-0.39, 0.29) is 22.3 Å². The predicted molar refractivity (Wildman–Crippen MR) is 67.8 cm³/mol. The van der Waals surface area contributed by atoms with Crippen LogP contribution < -0.4 is 4.74 Å². The molecule has 1 heterocycles. The van der Waals surface area contributed by atoms with Crippen molar-refractivity contribution in [2.75, 3.05) is 0 Å². The molecule has 0 amide bonds. The topological polar surface area (TPSA) is 91.0 Å². The molecule has 0 aliphatic rings. The van der Waals surface area contributed by atoms with Crippen molar-refractivity contribution in [2.45, 2.75) is 6.92 Å². The summed E-state index contributed by atoms with van der Waals surface area (Å²) < 4.78 is 5.35. The summed E-state index contributed by atoms with van der Waals surface area (Å²) in [5.41, 5.74) is 0.526. The summed E-state index contributed by atoms with van der Waals surface area (Å²) >= 11 is 11.2. The van der Waals surface area contributed by atoms with E-state index in [9.17, 15) is 10.1 Å². The minimum Gasteiger partial charge on any atom is -0.424 e. The molecule has 0 saturated heterocycles. The van der Waals surface area contributed by atoms with Gasteiger partial charge in [0, 0.05) is 12.1 Å². The summed E-state index contributed by atoms with van der Waals surface area (Å²) in [5.74, 6) is 0.365. The number of nitro benzene ring substituents is 1. The van der Waals surface area contributed by atoms with E-state index in [2.05, 4.69) is 15.0 Å². The number of ether oxygens (including phenoxy) is 1. The average molecular weight is 301 g/mol. The molecule has 0 aliphatic carbocycles. The van der Waals surface area contributed by atoms with Crippen LogP contribution >= 0.6 is 23.2 Å². The number of hydrogen-bond acceptors (Lipinski definition) is 6. The summed E-state index contributed by atoms with van der Waals surface area (Å²) in [7, 11) is 0. The minimum absolute atomic E-state index is 0.0310. The van der Waals surface area contributed by atoms with Gasteiger partial charge >= 0.3 is 6.01 Å². The van der Waals surface area contributed by atoms with Gasteiger partial charge in [-0.25, -0.2) is 0 Å². The van der Waals surface area contributed by atoms with Gasteiger partial charge in [-0.05, 0) is 41.8 Å². The highest BCUT2D eigenvalue weighted by Crippen LogP contribution is 2.27. The Hall–Kier alpha value is -1.99. The number of nitrogens with zero attached hydrogens (tertiary/aromatic N) is 4. The van der Waals surface area contributed by atoms with Gasteiger partial charge in [0.05, 0.1) is 4.92 Å². The third-order valence-electron chi connectivity index (χ3n) is 2.13. The molecule has 0 spiro atoms. The highest BCUT2D eigenvalue weighted by molar-refractivity contribution is 6.31. The molecule has 98 valence electrons. The standard InChI is InChI=1S/C10H6Cl2N4O3/c1-5-4-6(16(17)18)2-3-7(5)19-10-14-8(11)13-9(12)15-10/h2-4H,1H3. The Morgan fingerprint density at radius 1 is 1.21 bits per heavy atom. The zero-order chi connectivity index (χ0) is 14.0. The molecule has 0 unspecified atom stereocenters. The lowest BCUT2D eigenvalue weighted by molar-refractivity contribution is -0.384. The number of halogens is 2. The lowest BCUT2D eigenvalue weighted by Crippen LogP contribution is -1.97. The quantitative estimate of drug-likeness (QED) is 0.638. The van der Waals surface area contributed by atoms with E-state index in [4.69, 9.17) is 27.9 Å². The van der Waals surface area contributed by atoms with Crippen LogP contribution in [0.25, 0.3) is 0 Å². The lowest BCUT2D eigenvalue weighted by atomic mass is 10.2. The number of rotatable bonds is 3. The zero-order valence-electron chi connectivity index (χ0n) is 9.50. The van der Waals surface area contributed by atoms with E-state index in [1.54, 1.807) is 6.92 Å². The first-order valence-electron chi connectivity index (χ1n) is 4.95.